The van der Waals surface area contributed by atoms with Crippen LogP contribution in [0.5, 0.6) is 0 Å². The van der Waals surface area contributed by atoms with Crippen LogP contribution in [0.3, 0.4) is 0 Å². The largest absolute Gasteiger partial charge is 0.352 e. The van der Waals surface area contributed by atoms with Gasteiger partial charge in [-0.25, -0.2) is 4.98 Å². The molecule has 22 heavy (non-hydrogen) atoms. The molecule has 1 aliphatic carbocycles. The van der Waals surface area contributed by atoms with Gasteiger partial charge in [-0.05, 0) is 19.3 Å². The Labute approximate surface area is 154 Å². The van der Waals surface area contributed by atoms with Crippen molar-refractivity contribution in [3.05, 3.63) is 16.6 Å². The summed E-state index contributed by atoms with van der Waals surface area (Å²) in [7, 11) is 1.83. The maximum Gasteiger partial charge on any atom is 0.191 e. The second-order valence-electron chi connectivity index (χ2n) is 5.91. The van der Waals surface area contributed by atoms with Gasteiger partial charge < -0.3 is 10.6 Å². The SMILES string of the molecule is CN=C(NCc1nccs1)NC1CCN(C2CCCC2)C1.I. The Hall–Kier alpha value is -0.410. The maximum absolute atomic E-state index is 4.33. The lowest BCUT2D eigenvalue weighted by atomic mass is 10.2. The van der Waals surface area contributed by atoms with Crippen LogP contribution >= 0.6 is 35.3 Å². The number of aliphatic imine (C=N–C) groups is 1. The number of rotatable bonds is 4. The molecule has 1 aliphatic heterocycles. The van der Waals surface area contributed by atoms with Crippen molar-refractivity contribution >= 4 is 41.3 Å². The van der Waals surface area contributed by atoms with E-state index in [1.807, 2.05) is 18.6 Å². The zero-order valence-corrected chi connectivity index (χ0v) is 16.3. The lowest BCUT2D eigenvalue weighted by Crippen LogP contribution is -2.45. The van der Waals surface area contributed by atoms with Crippen LogP contribution < -0.4 is 10.6 Å². The zero-order chi connectivity index (χ0) is 14.5. The predicted molar refractivity (Wildman–Crippen MR) is 103 cm³/mol. The molecule has 2 aliphatic rings. The van der Waals surface area contributed by atoms with E-state index in [2.05, 4.69) is 25.5 Å². The van der Waals surface area contributed by atoms with Crippen molar-refractivity contribution in [2.24, 2.45) is 4.99 Å². The fourth-order valence-corrected chi connectivity index (χ4v) is 3.95. The molecule has 1 unspecified atom stereocenters. The molecule has 1 aromatic heterocycles. The van der Waals surface area contributed by atoms with Crippen molar-refractivity contribution in [1.82, 2.24) is 20.5 Å². The standard InChI is InChI=1S/C15H25N5S.HI/c1-16-15(18-10-14-17-7-9-21-14)19-12-6-8-20(11-12)13-4-2-3-5-13;/h7,9,12-13H,2-6,8,10-11H2,1H3,(H2,16,18,19);1H. The van der Waals surface area contributed by atoms with E-state index in [9.17, 15) is 0 Å². The molecule has 2 heterocycles. The smallest absolute Gasteiger partial charge is 0.191 e. The minimum absolute atomic E-state index is 0. The highest BCUT2D eigenvalue weighted by Crippen LogP contribution is 2.26. The number of thiazole rings is 1. The number of nitrogens with zero attached hydrogens (tertiary/aromatic N) is 3. The van der Waals surface area contributed by atoms with Crippen molar-refractivity contribution in [3.63, 3.8) is 0 Å². The molecule has 7 heteroatoms. The van der Waals surface area contributed by atoms with E-state index in [1.165, 1.54) is 38.6 Å². The van der Waals surface area contributed by atoms with Gasteiger partial charge in [-0.2, -0.15) is 0 Å². The van der Waals surface area contributed by atoms with Gasteiger partial charge in [-0.1, -0.05) is 12.8 Å². The third kappa shape index (κ3) is 4.79. The topological polar surface area (TPSA) is 52.6 Å². The molecule has 0 amide bonds. The average molecular weight is 435 g/mol. The average Bonchev–Trinajstić information content (AvgIpc) is 3.24. The van der Waals surface area contributed by atoms with Gasteiger partial charge in [0.15, 0.2) is 5.96 Å². The highest BCUT2D eigenvalue weighted by Gasteiger charge is 2.30. The van der Waals surface area contributed by atoms with Gasteiger partial charge in [0.1, 0.15) is 5.01 Å². The normalized spacial score (nSPS) is 23.5. The summed E-state index contributed by atoms with van der Waals surface area (Å²) in [6, 6.07) is 1.36. The number of aromatic nitrogens is 1. The van der Waals surface area contributed by atoms with Gasteiger partial charge in [0.2, 0.25) is 0 Å². The Morgan fingerprint density at radius 3 is 2.91 bits per heavy atom. The first-order chi connectivity index (χ1) is 10.3. The third-order valence-electron chi connectivity index (χ3n) is 4.52. The second kappa shape index (κ2) is 9.02. The molecule has 2 N–H and O–H groups in total. The molecule has 124 valence electrons. The highest BCUT2D eigenvalue weighted by atomic mass is 127. The van der Waals surface area contributed by atoms with Gasteiger partial charge >= 0.3 is 0 Å². The summed E-state index contributed by atoms with van der Waals surface area (Å²) < 4.78 is 0. The molecular formula is C15H26IN5S. The van der Waals surface area contributed by atoms with E-state index >= 15 is 0 Å². The highest BCUT2D eigenvalue weighted by molar-refractivity contribution is 14.0. The van der Waals surface area contributed by atoms with E-state index in [4.69, 9.17) is 0 Å². The van der Waals surface area contributed by atoms with E-state index in [0.717, 1.165) is 30.1 Å². The first-order valence-electron chi connectivity index (χ1n) is 7.95. The molecule has 0 radical (unpaired) electrons. The lowest BCUT2D eigenvalue weighted by Gasteiger charge is -2.24. The monoisotopic (exact) mass is 435 g/mol. The molecule has 0 aromatic carbocycles. The van der Waals surface area contributed by atoms with E-state index in [-0.39, 0.29) is 24.0 Å². The summed E-state index contributed by atoms with van der Waals surface area (Å²) in [5.74, 6) is 0.892. The quantitative estimate of drug-likeness (QED) is 0.434. The van der Waals surface area contributed by atoms with E-state index < -0.39 is 0 Å². The van der Waals surface area contributed by atoms with Crippen LogP contribution in [-0.2, 0) is 6.54 Å². The summed E-state index contributed by atoms with van der Waals surface area (Å²) in [5.41, 5.74) is 0. The second-order valence-corrected chi connectivity index (χ2v) is 6.89. The van der Waals surface area contributed by atoms with E-state index in [0.29, 0.717) is 6.04 Å². The minimum atomic E-state index is 0. The molecule has 1 atom stereocenters. The van der Waals surface area contributed by atoms with Crippen molar-refractivity contribution in [3.8, 4) is 0 Å². The van der Waals surface area contributed by atoms with Gasteiger partial charge in [0.25, 0.3) is 0 Å². The molecule has 1 aromatic rings. The molecule has 0 bridgehead atoms. The van der Waals surface area contributed by atoms with Crippen LogP contribution in [0.25, 0.3) is 0 Å². The number of hydrogen-bond donors (Lipinski definition) is 2. The van der Waals surface area contributed by atoms with Crippen molar-refractivity contribution in [1.29, 1.82) is 0 Å². The van der Waals surface area contributed by atoms with Crippen LogP contribution in [0.15, 0.2) is 16.6 Å². The van der Waals surface area contributed by atoms with Gasteiger partial charge in [0.05, 0.1) is 6.54 Å². The Morgan fingerprint density at radius 2 is 2.23 bits per heavy atom. The molecule has 3 rings (SSSR count). The summed E-state index contributed by atoms with van der Waals surface area (Å²) in [4.78, 5) is 11.3. The predicted octanol–water partition coefficient (Wildman–Crippen LogP) is 2.44. The van der Waals surface area contributed by atoms with Crippen LogP contribution in [-0.4, -0.2) is 48.1 Å². The fourth-order valence-electron chi connectivity index (χ4n) is 3.39. The van der Waals surface area contributed by atoms with Crippen LogP contribution in [0.2, 0.25) is 0 Å². The number of nitrogens with one attached hydrogen (secondary N) is 2. The first-order valence-corrected chi connectivity index (χ1v) is 8.82. The zero-order valence-electron chi connectivity index (χ0n) is 13.1. The first kappa shape index (κ1) is 17.9. The van der Waals surface area contributed by atoms with Crippen LogP contribution in [0.4, 0.5) is 0 Å². The molecule has 1 saturated heterocycles. The lowest BCUT2D eigenvalue weighted by molar-refractivity contribution is 0.242. The van der Waals surface area contributed by atoms with Crippen LogP contribution in [0, 0.1) is 0 Å². The van der Waals surface area contributed by atoms with Crippen molar-refractivity contribution < 1.29 is 0 Å². The molecular weight excluding hydrogens is 409 g/mol. The van der Waals surface area contributed by atoms with Crippen molar-refractivity contribution in [2.75, 3.05) is 20.1 Å². The van der Waals surface area contributed by atoms with Gasteiger partial charge in [0, 0.05) is 43.8 Å². The molecule has 2 fully saturated rings. The molecule has 1 saturated carbocycles. The summed E-state index contributed by atoms with van der Waals surface area (Å²) >= 11 is 1.67. The summed E-state index contributed by atoms with van der Waals surface area (Å²) in [6.07, 6.45) is 8.67. The molecule has 0 spiro atoms. The third-order valence-corrected chi connectivity index (χ3v) is 5.30. The van der Waals surface area contributed by atoms with Crippen LogP contribution in [0.1, 0.15) is 37.1 Å². The Kier molecular flexibility index (Phi) is 7.36. The number of halogens is 1. The Morgan fingerprint density at radius 1 is 1.41 bits per heavy atom. The van der Waals surface area contributed by atoms with Gasteiger partial charge in [-0.15, -0.1) is 35.3 Å². The fraction of sp³-hybridized carbons (Fsp3) is 0.733. The Bertz CT molecular complexity index is 459. The minimum Gasteiger partial charge on any atom is -0.352 e. The number of likely N-dealkylation sites (tertiary alicyclic amines) is 1. The maximum atomic E-state index is 4.33. The Balaban J connectivity index is 0.00000176. The molecule has 5 nitrogen and oxygen atoms in total. The number of guanidine groups is 1. The summed E-state index contributed by atoms with van der Waals surface area (Å²) in [5, 5.41) is 10.0. The van der Waals surface area contributed by atoms with Gasteiger partial charge in [-0.3, -0.25) is 9.89 Å². The summed E-state index contributed by atoms with van der Waals surface area (Å²) in [6.45, 7) is 3.13. The van der Waals surface area contributed by atoms with Crippen molar-refractivity contribution in [2.45, 2.75) is 50.7 Å². The van der Waals surface area contributed by atoms with E-state index in [1.54, 1.807) is 11.3 Å². The number of hydrogen-bond acceptors (Lipinski definition) is 4.